The molecule has 6 heteroatoms. The van der Waals surface area contributed by atoms with E-state index in [1.807, 2.05) is 52.7 Å². The van der Waals surface area contributed by atoms with Gasteiger partial charge in [0.2, 0.25) is 5.91 Å². The number of hydrogen-bond donors (Lipinski definition) is 0. The Morgan fingerprint density at radius 2 is 1.97 bits per heavy atom. The lowest BCUT2D eigenvalue weighted by atomic mass is 9.76. The molecule has 2 aromatic rings. The summed E-state index contributed by atoms with van der Waals surface area (Å²) >= 11 is 0. The molecule has 1 amide bonds. The van der Waals surface area contributed by atoms with Crippen LogP contribution < -0.4 is 10.3 Å². The fourth-order valence-corrected chi connectivity index (χ4v) is 4.92. The van der Waals surface area contributed by atoms with Gasteiger partial charge in [-0.25, -0.2) is 0 Å². The SMILES string of the molecule is COc1cccc(C[C@H]2[C@H]3C[C@H](CN(C(=O)CN(C)C)C3)c3cccc(=O)n32)c1. The Labute approximate surface area is 171 Å². The maximum atomic E-state index is 12.8. The molecule has 1 aromatic carbocycles. The zero-order chi connectivity index (χ0) is 20.5. The van der Waals surface area contributed by atoms with Crippen LogP contribution in [0.3, 0.4) is 0 Å². The van der Waals surface area contributed by atoms with Gasteiger partial charge in [0.1, 0.15) is 5.75 Å². The van der Waals surface area contributed by atoms with Crippen LogP contribution in [0.25, 0.3) is 0 Å². The number of likely N-dealkylation sites (N-methyl/N-ethyl adjacent to an activating group) is 1. The minimum atomic E-state index is 0.0389. The number of nitrogens with zero attached hydrogens (tertiary/aromatic N) is 3. The fourth-order valence-electron chi connectivity index (χ4n) is 4.92. The number of benzene rings is 1. The van der Waals surface area contributed by atoms with Crippen LogP contribution in [0.1, 0.15) is 29.6 Å². The van der Waals surface area contributed by atoms with Crippen LogP contribution in [-0.2, 0) is 11.2 Å². The van der Waals surface area contributed by atoms with E-state index in [2.05, 4.69) is 12.1 Å². The molecule has 3 heterocycles. The van der Waals surface area contributed by atoms with E-state index in [4.69, 9.17) is 4.74 Å². The first-order valence-corrected chi connectivity index (χ1v) is 10.2. The maximum Gasteiger partial charge on any atom is 0.251 e. The number of carbonyl (C=O) groups excluding carboxylic acids is 1. The fraction of sp³-hybridized carbons (Fsp3) is 0.478. The first-order valence-electron chi connectivity index (χ1n) is 10.2. The minimum absolute atomic E-state index is 0.0389. The predicted octanol–water partition coefficient (Wildman–Crippen LogP) is 2.15. The van der Waals surface area contributed by atoms with Crippen molar-refractivity contribution >= 4 is 5.91 Å². The number of methoxy groups -OCH3 is 1. The third-order valence-electron chi connectivity index (χ3n) is 6.18. The third-order valence-corrected chi connectivity index (χ3v) is 6.18. The number of amides is 1. The summed E-state index contributed by atoms with van der Waals surface area (Å²) in [4.78, 5) is 29.5. The lowest BCUT2D eigenvalue weighted by Gasteiger charge is -2.47. The van der Waals surface area contributed by atoms with Crippen molar-refractivity contribution in [1.82, 2.24) is 14.4 Å². The minimum Gasteiger partial charge on any atom is -0.497 e. The Morgan fingerprint density at radius 3 is 2.72 bits per heavy atom. The van der Waals surface area contributed by atoms with E-state index in [1.54, 1.807) is 13.2 Å². The topological polar surface area (TPSA) is 54.8 Å². The van der Waals surface area contributed by atoms with Gasteiger partial charge >= 0.3 is 0 Å². The standard InChI is InChI=1S/C23H29N3O3/c1-24(2)15-23(28)25-13-17-12-18(14-25)21(26-20(17)8-5-9-22(26)27)11-16-6-4-7-19(10-16)29-3/h4-10,17-18,21H,11-15H2,1-3H3/t17-,18+,21+/m1/s1. The van der Waals surface area contributed by atoms with Crippen molar-refractivity contribution in [1.29, 1.82) is 0 Å². The van der Waals surface area contributed by atoms with Crippen LogP contribution in [0.2, 0.25) is 0 Å². The molecule has 2 aliphatic rings. The monoisotopic (exact) mass is 395 g/mol. The molecule has 29 heavy (non-hydrogen) atoms. The van der Waals surface area contributed by atoms with Gasteiger partial charge in [-0.1, -0.05) is 18.2 Å². The van der Waals surface area contributed by atoms with Crippen LogP contribution in [0.4, 0.5) is 0 Å². The van der Waals surface area contributed by atoms with E-state index in [9.17, 15) is 9.59 Å². The Morgan fingerprint density at radius 1 is 1.17 bits per heavy atom. The normalized spacial score (nSPS) is 23.0. The lowest BCUT2D eigenvalue weighted by Crippen LogP contribution is -2.52. The van der Waals surface area contributed by atoms with Gasteiger partial charge in [0.15, 0.2) is 0 Å². The molecule has 2 bridgehead atoms. The summed E-state index contributed by atoms with van der Waals surface area (Å²) < 4.78 is 7.37. The van der Waals surface area contributed by atoms with Gasteiger partial charge in [-0.05, 0) is 56.6 Å². The number of carbonyl (C=O) groups is 1. The summed E-state index contributed by atoms with van der Waals surface area (Å²) in [5.74, 6) is 1.47. The highest BCUT2D eigenvalue weighted by atomic mass is 16.5. The van der Waals surface area contributed by atoms with Gasteiger partial charge in [0.05, 0.1) is 13.7 Å². The molecule has 1 aromatic heterocycles. The molecule has 1 fully saturated rings. The van der Waals surface area contributed by atoms with Crippen LogP contribution in [-0.4, -0.2) is 61.1 Å². The summed E-state index contributed by atoms with van der Waals surface area (Å²) in [6.45, 7) is 1.82. The largest absolute Gasteiger partial charge is 0.497 e. The van der Waals surface area contributed by atoms with Crippen molar-refractivity contribution in [2.75, 3.05) is 40.8 Å². The van der Waals surface area contributed by atoms with Crippen molar-refractivity contribution < 1.29 is 9.53 Å². The quantitative estimate of drug-likeness (QED) is 0.779. The van der Waals surface area contributed by atoms with Gasteiger partial charge in [-0.15, -0.1) is 0 Å². The second-order valence-electron chi connectivity index (χ2n) is 8.51. The molecular weight excluding hydrogens is 366 g/mol. The van der Waals surface area contributed by atoms with Gasteiger partial charge in [-0.3, -0.25) is 9.59 Å². The highest BCUT2D eigenvalue weighted by molar-refractivity contribution is 5.78. The Hall–Kier alpha value is -2.60. The van der Waals surface area contributed by atoms with Gasteiger partial charge in [0.25, 0.3) is 5.56 Å². The van der Waals surface area contributed by atoms with E-state index < -0.39 is 0 Å². The van der Waals surface area contributed by atoms with Crippen molar-refractivity contribution in [3.05, 3.63) is 64.1 Å². The second-order valence-corrected chi connectivity index (χ2v) is 8.51. The second kappa shape index (κ2) is 8.03. The number of piperidine rings is 1. The molecule has 6 nitrogen and oxygen atoms in total. The smallest absolute Gasteiger partial charge is 0.251 e. The van der Waals surface area contributed by atoms with Crippen LogP contribution in [0.5, 0.6) is 5.75 Å². The summed E-state index contributed by atoms with van der Waals surface area (Å²) in [7, 11) is 5.51. The van der Waals surface area contributed by atoms with Gasteiger partial charge < -0.3 is 19.1 Å². The van der Waals surface area contributed by atoms with Crippen molar-refractivity contribution in [3.8, 4) is 5.75 Å². The zero-order valence-corrected chi connectivity index (χ0v) is 17.4. The average molecular weight is 396 g/mol. The molecule has 0 unspecified atom stereocenters. The van der Waals surface area contributed by atoms with Crippen LogP contribution in [0.15, 0.2) is 47.3 Å². The molecule has 0 saturated carbocycles. The van der Waals surface area contributed by atoms with E-state index in [-0.39, 0.29) is 29.3 Å². The molecule has 0 spiro atoms. The first-order chi connectivity index (χ1) is 14.0. The van der Waals surface area contributed by atoms with Crippen molar-refractivity contribution in [3.63, 3.8) is 0 Å². The molecule has 4 rings (SSSR count). The Kier molecular flexibility index (Phi) is 5.46. The third kappa shape index (κ3) is 3.94. The predicted molar refractivity (Wildman–Crippen MR) is 112 cm³/mol. The van der Waals surface area contributed by atoms with E-state index in [0.29, 0.717) is 19.6 Å². The number of hydrogen-bond acceptors (Lipinski definition) is 4. The van der Waals surface area contributed by atoms with Gasteiger partial charge in [0, 0.05) is 36.8 Å². The molecule has 154 valence electrons. The number of ether oxygens (including phenoxy) is 1. The molecule has 2 aliphatic heterocycles. The first kappa shape index (κ1) is 19.7. The number of pyridine rings is 1. The number of rotatable bonds is 5. The molecule has 0 N–H and O–H groups in total. The summed E-state index contributed by atoms with van der Waals surface area (Å²) in [6, 6.07) is 13.6. The van der Waals surface area contributed by atoms with Crippen molar-refractivity contribution in [2.24, 2.45) is 5.92 Å². The van der Waals surface area contributed by atoms with Crippen molar-refractivity contribution in [2.45, 2.75) is 24.8 Å². The highest BCUT2D eigenvalue weighted by Gasteiger charge is 2.41. The average Bonchev–Trinajstić information content (AvgIpc) is 2.71. The molecule has 0 radical (unpaired) electrons. The summed E-state index contributed by atoms with van der Waals surface area (Å²) in [6.07, 6.45) is 1.77. The molecule has 3 atom stereocenters. The molecule has 1 saturated heterocycles. The van der Waals surface area contributed by atoms with E-state index in [1.165, 1.54) is 0 Å². The van der Waals surface area contributed by atoms with Crippen LogP contribution >= 0.6 is 0 Å². The highest BCUT2D eigenvalue weighted by Crippen LogP contribution is 2.42. The maximum absolute atomic E-state index is 12.8. The van der Waals surface area contributed by atoms with E-state index in [0.717, 1.165) is 29.8 Å². The summed E-state index contributed by atoms with van der Waals surface area (Å²) in [5.41, 5.74) is 2.26. The Balaban J connectivity index is 1.69. The number of aromatic nitrogens is 1. The molecular formula is C23H29N3O3. The molecule has 0 aliphatic carbocycles. The number of fused-ring (bicyclic) bond motifs is 4. The van der Waals surface area contributed by atoms with Crippen LogP contribution in [0, 0.1) is 5.92 Å². The van der Waals surface area contributed by atoms with E-state index >= 15 is 0 Å². The zero-order valence-electron chi connectivity index (χ0n) is 17.4. The lowest BCUT2D eigenvalue weighted by molar-refractivity contribution is -0.135. The Bertz CT molecular complexity index is 952. The van der Waals surface area contributed by atoms with Gasteiger partial charge in [-0.2, -0.15) is 0 Å². The number of likely N-dealkylation sites (tertiary alicyclic amines) is 1. The summed E-state index contributed by atoms with van der Waals surface area (Å²) in [5, 5.41) is 0.